The fraction of sp³-hybridized carbons (Fsp3) is 0.400. The molecule has 3 N–H and O–H groups in total. The minimum Gasteiger partial charge on any atom is -0.508 e. The van der Waals surface area contributed by atoms with Crippen LogP contribution in [0.1, 0.15) is 26.3 Å². The lowest BCUT2D eigenvalue weighted by Crippen LogP contribution is -2.35. The summed E-state index contributed by atoms with van der Waals surface area (Å²) in [4.78, 5) is 14.9. The van der Waals surface area contributed by atoms with Crippen LogP contribution in [0.2, 0.25) is 0 Å². The molecular formula is C15H20N2O2. The van der Waals surface area contributed by atoms with Gasteiger partial charge < -0.3 is 15.4 Å². The monoisotopic (exact) mass is 260 g/mol. The second-order valence-corrected chi connectivity index (χ2v) is 5.80. The molecule has 0 aliphatic rings. The van der Waals surface area contributed by atoms with Gasteiger partial charge in [0.25, 0.3) is 0 Å². The highest BCUT2D eigenvalue weighted by Crippen LogP contribution is 2.22. The minimum atomic E-state index is -0.355. The summed E-state index contributed by atoms with van der Waals surface area (Å²) in [6.45, 7) is 6.31. The largest absolute Gasteiger partial charge is 0.508 e. The molecule has 1 amide bonds. The van der Waals surface area contributed by atoms with E-state index in [2.05, 4.69) is 10.3 Å². The Morgan fingerprint density at radius 3 is 2.79 bits per heavy atom. The van der Waals surface area contributed by atoms with E-state index in [0.717, 1.165) is 22.9 Å². The Labute approximate surface area is 112 Å². The SMILES string of the molecule is CC(C)(C)C(=O)NCCc1c[nH]c2cc(O)ccc12. The first kappa shape index (κ1) is 13.5. The molecule has 0 atom stereocenters. The zero-order valence-electron chi connectivity index (χ0n) is 11.6. The highest BCUT2D eigenvalue weighted by molar-refractivity contribution is 5.84. The molecule has 4 nitrogen and oxygen atoms in total. The average molecular weight is 260 g/mol. The van der Waals surface area contributed by atoms with E-state index in [1.807, 2.05) is 33.0 Å². The Bertz CT molecular complexity index is 594. The van der Waals surface area contributed by atoms with Crippen LogP contribution in [0.5, 0.6) is 5.75 Å². The van der Waals surface area contributed by atoms with Crippen LogP contribution in [-0.4, -0.2) is 22.5 Å². The van der Waals surface area contributed by atoms with Crippen molar-refractivity contribution in [2.45, 2.75) is 27.2 Å². The standard InChI is InChI=1S/C15H20N2O2/c1-15(2,3)14(19)16-7-6-10-9-17-13-8-11(18)4-5-12(10)13/h4-5,8-9,17-18H,6-7H2,1-3H3,(H,16,19). The van der Waals surface area contributed by atoms with E-state index in [9.17, 15) is 9.90 Å². The number of fused-ring (bicyclic) bond motifs is 1. The number of carbonyl (C=O) groups is 1. The molecule has 0 fully saturated rings. The van der Waals surface area contributed by atoms with Gasteiger partial charge in [-0.05, 0) is 24.1 Å². The molecular weight excluding hydrogens is 240 g/mol. The Hall–Kier alpha value is -1.97. The zero-order valence-corrected chi connectivity index (χ0v) is 11.6. The van der Waals surface area contributed by atoms with E-state index in [4.69, 9.17) is 0 Å². The van der Waals surface area contributed by atoms with Crippen molar-refractivity contribution in [3.05, 3.63) is 30.0 Å². The van der Waals surface area contributed by atoms with Gasteiger partial charge in [-0.15, -0.1) is 0 Å². The first-order valence-electron chi connectivity index (χ1n) is 6.45. The summed E-state index contributed by atoms with van der Waals surface area (Å²) in [5.41, 5.74) is 1.70. The Balaban J connectivity index is 2.01. The zero-order chi connectivity index (χ0) is 14.0. The maximum absolute atomic E-state index is 11.7. The molecule has 1 heterocycles. The van der Waals surface area contributed by atoms with Crippen LogP contribution < -0.4 is 5.32 Å². The summed E-state index contributed by atoms with van der Waals surface area (Å²) in [6, 6.07) is 5.27. The maximum Gasteiger partial charge on any atom is 0.225 e. The van der Waals surface area contributed by atoms with Crippen LogP contribution in [-0.2, 0) is 11.2 Å². The van der Waals surface area contributed by atoms with Gasteiger partial charge in [-0.1, -0.05) is 20.8 Å². The summed E-state index contributed by atoms with van der Waals surface area (Å²) in [7, 11) is 0. The van der Waals surface area contributed by atoms with Crippen molar-refractivity contribution >= 4 is 16.8 Å². The highest BCUT2D eigenvalue weighted by atomic mass is 16.3. The van der Waals surface area contributed by atoms with E-state index in [0.29, 0.717) is 6.54 Å². The quantitative estimate of drug-likeness (QED) is 0.794. The van der Waals surface area contributed by atoms with Crippen molar-refractivity contribution in [2.75, 3.05) is 6.54 Å². The van der Waals surface area contributed by atoms with Crippen molar-refractivity contribution in [1.29, 1.82) is 0 Å². The molecule has 1 aromatic carbocycles. The number of rotatable bonds is 3. The van der Waals surface area contributed by atoms with Crippen molar-refractivity contribution in [3.63, 3.8) is 0 Å². The first-order chi connectivity index (χ1) is 8.88. The normalized spacial score (nSPS) is 11.7. The highest BCUT2D eigenvalue weighted by Gasteiger charge is 2.20. The second kappa shape index (κ2) is 4.96. The Morgan fingerprint density at radius 1 is 1.37 bits per heavy atom. The summed E-state index contributed by atoms with van der Waals surface area (Å²) >= 11 is 0. The average Bonchev–Trinajstić information content (AvgIpc) is 2.70. The number of carbonyl (C=O) groups excluding carboxylic acids is 1. The third-order valence-electron chi connectivity index (χ3n) is 3.11. The number of aromatic hydroxyl groups is 1. The topological polar surface area (TPSA) is 65.1 Å². The molecule has 1 aromatic heterocycles. The van der Waals surface area contributed by atoms with Crippen molar-refractivity contribution in [2.24, 2.45) is 5.41 Å². The Morgan fingerprint density at radius 2 is 2.11 bits per heavy atom. The lowest BCUT2D eigenvalue weighted by molar-refractivity contribution is -0.128. The number of amides is 1. The molecule has 0 aliphatic heterocycles. The van der Waals surface area contributed by atoms with Crippen molar-refractivity contribution < 1.29 is 9.90 Å². The maximum atomic E-state index is 11.7. The summed E-state index contributed by atoms with van der Waals surface area (Å²) in [6.07, 6.45) is 2.69. The van der Waals surface area contributed by atoms with Gasteiger partial charge in [0.2, 0.25) is 5.91 Å². The number of aromatic amines is 1. The van der Waals surface area contributed by atoms with Gasteiger partial charge in [0.05, 0.1) is 0 Å². The fourth-order valence-corrected chi connectivity index (χ4v) is 1.96. The van der Waals surface area contributed by atoms with E-state index in [-0.39, 0.29) is 17.1 Å². The molecule has 0 radical (unpaired) electrons. The lowest BCUT2D eigenvalue weighted by Gasteiger charge is -2.17. The molecule has 102 valence electrons. The lowest BCUT2D eigenvalue weighted by atomic mass is 9.95. The number of phenols is 1. The van der Waals surface area contributed by atoms with Gasteiger partial charge in [0.15, 0.2) is 0 Å². The van der Waals surface area contributed by atoms with Crippen molar-refractivity contribution in [1.82, 2.24) is 10.3 Å². The van der Waals surface area contributed by atoms with Crippen molar-refractivity contribution in [3.8, 4) is 5.75 Å². The molecule has 4 heteroatoms. The number of phenolic OH excluding ortho intramolecular Hbond substituents is 1. The van der Waals surface area contributed by atoms with Gasteiger partial charge >= 0.3 is 0 Å². The predicted molar refractivity (Wildman–Crippen MR) is 76.1 cm³/mol. The van der Waals surface area contributed by atoms with Crippen LogP contribution in [0.4, 0.5) is 0 Å². The number of aromatic nitrogens is 1. The molecule has 0 saturated heterocycles. The van der Waals surface area contributed by atoms with E-state index >= 15 is 0 Å². The van der Waals surface area contributed by atoms with E-state index in [1.54, 1.807) is 12.1 Å². The molecule has 0 bridgehead atoms. The summed E-state index contributed by atoms with van der Waals surface area (Å²) in [5, 5.41) is 13.4. The number of hydrogen-bond acceptors (Lipinski definition) is 2. The molecule has 0 aliphatic carbocycles. The smallest absolute Gasteiger partial charge is 0.225 e. The van der Waals surface area contributed by atoms with Gasteiger partial charge in [-0.25, -0.2) is 0 Å². The van der Waals surface area contributed by atoms with Crippen LogP contribution in [0.3, 0.4) is 0 Å². The second-order valence-electron chi connectivity index (χ2n) is 5.80. The molecule has 2 rings (SSSR count). The number of hydrogen-bond donors (Lipinski definition) is 3. The Kier molecular flexibility index (Phi) is 3.51. The number of benzene rings is 1. The molecule has 19 heavy (non-hydrogen) atoms. The first-order valence-corrected chi connectivity index (χ1v) is 6.45. The number of H-pyrrole nitrogens is 1. The summed E-state index contributed by atoms with van der Waals surface area (Å²) < 4.78 is 0. The molecule has 0 spiro atoms. The van der Waals surface area contributed by atoms with Gasteiger partial charge in [-0.3, -0.25) is 4.79 Å². The molecule has 2 aromatic rings. The van der Waals surface area contributed by atoms with Crippen LogP contribution >= 0.6 is 0 Å². The van der Waals surface area contributed by atoms with E-state index < -0.39 is 0 Å². The van der Waals surface area contributed by atoms with E-state index in [1.165, 1.54) is 0 Å². The van der Waals surface area contributed by atoms with Gasteiger partial charge in [-0.2, -0.15) is 0 Å². The van der Waals surface area contributed by atoms with Crippen LogP contribution in [0.15, 0.2) is 24.4 Å². The molecule has 0 unspecified atom stereocenters. The third kappa shape index (κ3) is 3.08. The summed E-state index contributed by atoms with van der Waals surface area (Å²) in [5.74, 6) is 0.312. The minimum absolute atomic E-state index is 0.0602. The predicted octanol–water partition coefficient (Wildman–Crippen LogP) is 2.58. The third-order valence-corrected chi connectivity index (χ3v) is 3.11. The fourth-order valence-electron chi connectivity index (χ4n) is 1.96. The molecule has 0 saturated carbocycles. The van der Waals surface area contributed by atoms with Crippen LogP contribution in [0.25, 0.3) is 10.9 Å². The van der Waals surface area contributed by atoms with Gasteiger partial charge in [0, 0.05) is 35.1 Å². The number of nitrogens with one attached hydrogen (secondary N) is 2. The van der Waals surface area contributed by atoms with Crippen LogP contribution in [0, 0.1) is 5.41 Å². The van der Waals surface area contributed by atoms with Gasteiger partial charge in [0.1, 0.15) is 5.75 Å².